The highest BCUT2D eigenvalue weighted by molar-refractivity contribution is 5.83. The smallest absolute Gasteiger partial charge is 0.0965 e. The van der Waals surface area contributed by atoms with E-state index in [-0.39, 0.29) is 0 Å². The lowest BCUT2D eigenvalue weighted by atomic mass is 9.81. The third kappa shape index (κ3) is 1.39. The summed E-state index contributed by atoms with van der Waals surface area (Å²) in [6.07, 6.45) is 5.18. The van der Waals surface area contributed by atoms with E-state index in [0.29, 0.717) is 0 Å². The van der Waals surface area contributed by atoms with Gasteiger partial charge in [0.1, 0.15) is 0 Å². The first-order valence-electron chi connectivity index (χ1n) is 4.66. The molecule has 2 nitrogen and oxygen atoms in total. The molecule has 2 atom stereocenters. The molecule has 1 heterocycles. The Balaban J connectivity index is 1.80. The van der Waals surface area contributed by atoms with Crippen LogP contribution in [-0.4, -0.2) is 18.4 Å². The lowest BCUT2D eigenvalue weighted by molar-refractivity contribution is 0.257. The summed E-state index contributed by atoms with van der Waals surface area (Å²) in [5.74, 6) is 2.14. The van der Waals surface area contributed by atoms with E-state index in [1.54, 1.807) is 0 Å². The molecular weight excluding hydrogens is 136 g/mol. The molecule has 1 aliphatic heterocycles. The molecular formula is C9H16N2. The van der Waals surface area contributed by atoms with E-state index in [9.17, 15) is 0 Å². The van der Waals surface area contributed by atoms with Crippen LogP contribution in [0.2, 0.25) is 0 Å². The molecule has 0 spiro atoms. The largest absolute Gasteiger partial charge is 0.371 e. The summed E-state index contributed by atoms with van der Waals surface area (Å²) in [5.41, 5.74) is 0. The molecule has 1 aliphatic carbocycles. The van der Waals surface area contributed by atoms with Crippen molar-refractivity contribution in [2.75, 3.05) is 6.54 Å². The van der Waals surface area contributed by atoms with E-state index in [1.807, 2.05) is 0 Å². The van der Waals surface area contributed by atoms with Gasteiger partial charge in [0.15, 0.2) is 0 Å². The van der Waals surface area contributed by atoms with Gasteiger partial charge in [-0.2, -0.15) is 0 Å². The summed E-state index contributed by atoms with van der Waals surface area (Å²) < 4.78 is 0. The van der Waals surface area contributed by atoms with Gasteiger partial charge in [-0.3, -0.25) is 4.99 Å². The third-order valence-corrected chi connectivity index (χ3v) is 2.85. The van der Waals surface area contributed by atoms with Crippen molar-refractivity contribution in [1.82, 2.24) is 5.32 Å². The Morgan fingerprint density at radius 1 is 1.45 bits per heavy atom. The Kier molecular flexibility index (Phi) is 1.84. The monoisotopic (exact) mass is 152 g/mol. The van der Waals surface area contributed by atoms with Crippen molar-refractivity contribution in [3.63, 3.8) is 0 Å². The van der Waals surface area contributed by atoms with Crippen molar-refractivity contribution in [2.45, 2.75) is 38.6 Å². The maximum atomic E-state index is 4.40. The number of rotatable bonds is 1. The van der Waals surface area contributed by atoms with Gasteiger partial charge < -0.3 is 5.32 Å². The zero-order valence-corrected chi connectivity index (χ0v) is 7.14. The van der Waals surface area contributed by atoms with Crippen LogP contribution in [0.15, 0.2) is 4.99 Å². The van der Waals surface area contributed by atoms with Crippen molar-refractivity contribution < 1.29 is 0 Å². The Hall–Kier alpha value is -0.530. The molecule has 1 fully saturated rings. The topological polar surface area (TPSA) is 24.4 Å². The van der Waals surface area contributed by atoms with Crippen LogP contribution in [0.1, 0.15) is 32.6 Å². The molecule has 11 heavy (non-hydrogen) atoms. The van der Waals surface area contributed by atoms with Crippen LogP contribution in [-0.2, 0) is 0 Å². The SMILES string of the molecule is CC1CCC1NC1=NCCC1. The van der Waals surface area contributed by atoms with Gasteiger partial charge in [0.25, 0.3) is 0 Å². The van der Waals surface area contributed by atoms with Crippen LogP contribution in [0.25, 0.3) is 0 Å². The van der Waals surface area contributed by atoms with Crippen LogP contribution in [0, 0.1) is 5.92 Å². The zero-order valence-electron chi connectivity index (χ0n) is 7.14. The Morgan fingerprint density at radius 3 is 2.82 bits per heavy atom. The second kappa shape index (κ2) is 2.84. The Bertz CT molecular complexity index is 174. The average molecular weight is 152 g/mol. The fraction of sp³-hybridized carbons (Fsp3) is 0.889. The van der Waals surface area contributed by atoms with Crippen LogP contribution in [0.5, 0.6) is 0 Å². The molecule has 2 aliphatic rings. The minimum atomic E-state index is 0.742. The zero-order chi connectivity index (χ0) is 7.68. The fourth-order valence-electron chi connectivity index (χ4n) is 1.75. The maximum Gasteiger partial charge on any atom is 0.0965 e. The van der Waals surface area contributed by atoms with Gasteiger partial charge in [0.05, 0.1) is 5.84 Å². The van der Waals surface area contributed by atoms with Crippen molar-refractivity contribution in [3.8, 4) is 0 Å². The molecule has 2 unspecified atom stereocenters. The number of hydrogen-bond donors (Lipinski definition) is 1. The van der Waals surface area contributed by atoms with E-state index in [0.717, 1.165) is 18.5 Å². The van der Waals surface area contributed by atoms with Crippen molar-refractivity contribution in [1.29, 1.82) is 0 Å². The lowest BCUT2D eigenvalue weighted by Gasteiger charge is -2.35. The summed E-state index contributed by atoms with van der Waals surface area (Å²) in [4.78, 5) is 4.40. The van der Waals surface area contributed by atoms with Crippen molar-refractivity contribution >= 4 is 5.84 Å². The van der Waals surface area contributed by atoms with Crippen LogP contribution in [0.4, 0.5) is 0 Å². The molecule has 2 heteroatoms. The van der Waals surface area contributed by atoms with E-state index in [2.05, 4.69) is 17.2 Å². The van der Waals surface area contributed by atoms with E-state index < -0.39 is 0 Å². The van der Waals surface area contributed by atoms with Crippen LogP contribution in [0.3, 0.4) is 0 Å². The highest BCUT2D eigenvalue weighted by Gasteiger charge is 2.27. The first-order chi connectivity index (χ1) is 5.36. The Morgan fingerprint density at radius 2 is 2.36 bits per heavy atom. The third-order valence-electron chi connectivity index (χ3n) is 2.85. The minimum Gasteiger partial charge on any atom is -0.371 e. The lowest BCUT2D eigenvalue weighted by Crippen LogP contribution is -2.44. The number of nitrogens with one attached hydrogen (secondary N) is 1. The molecule has 0 radical (unpaired) electrons. The molecule has 2 rings (SSSR count). The van der Waals surface area contributed by atoms with Gasteiger partial charge >= 0.3 is 0 Å². The Labute approximate surface area is 68.1 Å². The van der Waals surface area contributed by atoms with Crippen LogP contribution < -0.4 is 5.32 Å². The van der Waals surface area contributed by atoms with Gasteiger partial charge in [-0.05, 0) is 25.2 Å². The van der Waals surface area contributed by atoms with E-state index in [4.69, 9.17) is 0 Å². The van der Waals surface area contributed by atoms with Gasteiger partial charge in [0.2, 0.25) is 0 Å². The van der Waals surface area contributed by atoms with Crippen molar-refractivity contribution in [3.05, 3.63) is 0 Å². The minimum absolute atomic E-state index is 0.742. The number of hydrogen-bond acceptors (Lipinski definition) is 2. The fourth-order valence-corrected chi connectivity index (χ4v) is 1.75. The first kappa shape index (κ1) is 7.14. The number of nitrogens with zero attached hydrogens (tertiary/aromatic N) is 1. The molecule has 0 aromatic heterocycles. The average Bonchev–Trinajstić information content (AvgIpc) is 2.49. The predicted octanol–water partition coefficient (Wildman–Crippen LogP) is 1.57. The number of aliphatic imine (C=N–C) groups is 1. The summed E-state index contributed by atoms with van der Waals surface area (Å²) in [6.45, 7) is 3.36. The second-order valence-electron chi connectivity index (χ2n) is 3.74. The van der Waals surface area contributed by atoms with Gasteiger partial charge in [-0.1, -0.05) is 6.92 Å². The van der Waals surface area contributed by atoms with Gasteiger partial charge in [-0.25, -0.2) is 0 Å². The highest BCUT2D eigenvalue weighted by Crippen LogP contribution is 2.26. The molecule has 62 valence electrons. The highest BCUT2D eigenvalue weighted by atomic mass is 15.0. The first-order valence-corrected chi connectivity index (χ1v) is 4.66. The predicted molar refractivity (Wildman–Crippen MR) is 46.9 cm³/mol. The molecule has 0 aromatic rings. The standard InChI is InChI=1S/C9H16N2/c1-7-4-5-8(7)11-9-3-2-6-10-9/h7-8H,2-6H2,1H3,(H,10,11). The summed E-state index contributed by atoms with van der Waals surface area (Å²) >= 11 is 0. The summed E-state index contributed by atoms with van der Waals surface area (Å²) in [5, 5.41) is 3.52. The van der Waals surface area contributed by atoms with Crippen molar-refractivity contribution in [2.24, 2.45) is 10.9 Å². The van der Waals surface area contributed by atoms with Gasteiger partial charge in [-0.15, -0.1) is 0 Å². The molecule has 1 N–H and O–H groups in total. The van der Waals surface area contributed by atoms with E-state index in [1.165, 1.54) is 31.5 Å². The maximum absolute atomic E-state index is 4.40. The molecule has 0 aromatic carbocycles. The number of amidine groups is 1. The van der Waals surface area contributed by atoms with E-state index >= 15 is 0 Å². The molecule has 0 bridgehead atoms. The molecule has 1 saturated carbocycles. The summed E-state index contributed by atoms with van der Waals surface area (Å²) in [7, 11) is 0. The quantitative estimate of drug-likeness (QED) is 0.606. The van der Waals surface area contributed by atoms with Gasteiger partial charge in [0, 0.05) is 19.0 Å². The molecule has 0 saturated heterocycles. The summed E-state index contributed by atoms with van der Waals surface area (Å²) in [6, 6.07) is 0.742. The molecule has 0 amide bonds. The normalized spacial score (nSPS) is 36.3. The second-order valence-corrected chi connectivity index (χ2v) is 3.74. The van der Waals surface area contributed by atoms with Crippen LogP contribution >= 0.6 is 0 Å².